The highest BCUT2D eigenvalue weighted by atomic mass is 16.6. The fourth-order valence-electron chi connectivity index (χ4n) is 8.33. The van der Waals surface area contributed by atoms with Crippen LogP contribution in [0.1, 0.15) is 103 Å². The van der Waals surface area contributed by atoms with Crippen molar-refractivity contribution in [3.8, 4) is 17.2 Å². The van der Waals surface area contributed by atoms with Gasteiger partial charge in [0.2, 0.25) is 0 Å². The van der Waals surface area contributed by atoms with Gasteiger partial charge in [-0.05, 0) is 99.3 Å². The normalized spacial score (nSPS) is 31.5. The molecule has 3 unspecified atom stereocenters. The lowest BCUT2D eigenvalue weighted by atomic mass is 9.51. The number of benzene rings is 1. The van der Waals surface area contributed by atoms with Gasteiger partial charge in [-0.3, -0.25) is 14.4 Å². The standard InChI is InChI=1S/C38H46O10/c1-20(2)9-10-24-31-23(12-14-36(8,46-31)15-13-27(40)34(4,5)44)29(41)28-30(42)25-17-22-18-26-35(6,7)48-37(33(22)43,16-11-21(3)45-19-39)38(25,26)47-32(24)28/h9,11-12,14,17,19,22,26-27,40-41,44H,10,13,15-16,18H2,1-8H3/b21-11-/t22?,26?,27?,36-,37+,38-/m1/s1. The molecule has 0 radical (unpaired) electrons. The third-order valence-corrected chi connectivity index (χ3v) is 10.9. The number of allylic oxidation sites excluding steroid dienone is 4. The molecule has 1 aromatic rings. The molecule has 258 valence electrons. The number of ether oxygens (including phenoxy) is 4. The maximum atomic E-state index is 14.8. The Labute approximate surface area is 281 Å². The first-order chi connectivity index (χ1) is 22.3. The minimum Gasteiger partial charge on any atom is -0.506 e. The van der Waals surface area contributed by atoms with Gasteiger partial charge in [-0.1, -0.05) is 17.7 Å². The van der Waals surface area contributed by atoms with Gasteiger partial charge in [0.15, 0.2) is 22.8 Å². The van der Waals surface area contributed by atoms with Crippen LogP contribution >= 0.6 is 0 Å². The monoisotopic (exact) mass is 662 g/mol. The van der Waals surface area contributed by atoms with E-state index in [4.69, 9.17) is 18.9 Å². The van der Waals surface area contributed by atoms with Crippen LogP contribution in [-0.4, -0.2) is 67.5 Å². The van der Waals surface area contributed by atoms with Crippen LogP contribution < -0.4 is 9.47 Å². The van der Waals surface area contributed by atoms with E-state index in [1.165, 1.54) is 0 Å². The SMILES string of the molecule is CC(C)=CCc1c2c(c(O)c3c1O[C@]14C(=CC5CC1C(C)(C)O[C@@]4(C/C=C(/C)OC=O)C5=O)C3=O)C=C[C@](C)(CCC(O)C(C)(C)O)O2. The summed E-state index contributed by atoms with van der Waals surface area (Å²) in [4.78, 5) is 40.2. The van der Waals surface area contributed by atoms with E-state index < -0.39 is 51.7 Å². The minimum atomic E-state index is -1.60. The van der Waals surface area contributed by atoms with Crippen molar-refractivity contribution in [2.45, 2.75) is 122 Å². The molecule has 10 nitrogen and oxygen atoms in total. The molecule has 48 heavy (non-hydrogen) atoms. The molecule has 3 aliphatic carbocycles. The van der Waals surface area contributed by atoms with Gasteiger partial charge in [0, 0.05) is 29.4 Å². The number of phenolic OH excluding ortho intramolecular Hbond substituents is 1. The molecule has 7 rings (SSSR count). The molecule has 4 bridgehead atoms. The first-order valence-corrected chi connectivity index (χ1v) is 16.6. The molecular formula is C38H46O10. The zero-order valence-corrected chi connectivity index (χ0v) is 28.9. The molecule has 3 aliphatic heterocycles. The van der Waals surface area contributed by atoms with Crippen molar-refractivity contribution in [3.63, 3.8) is 0 Å². The van der Waals surface area contributed by atoms with Gasteiger partial charge in [0.25, 0.3) is 6.47 Å². The summed E-state index contributed by atoms with van der Waals surface area (Å²) < 4.78 is 25.6. The summed E-state index contributed by atoms with van der Waals surface area (Å²) in [7, 11) is 0. The molecule has 2 fully saturated rings. The molecule has 10 heteroatoms. The number of rotatable bonds is 10. The number of fused-ring (bicyclic) bond motifs is 2. The van der Waals surface area contributed by atoms with Crippen LogP contribution in [0.15, 0.2) is 41.2 Å². The Morgan fingerprint density at radius 3 is 2.48 bits per heavy atom. The van der Waals surface area contributed by atoms with Crippen LogP contribution in [0.3, 0.4) is 0 Å². The van der Waals surface area contributed by atoms with E-state index in [1.54, 1.807) is 45.1 Å². The highest BCUT2D eigenvalue weighted by Gasteiger charge is 2.81. The van der Waals surface area contributed by atoms with Crippen molar-refractivity contribution in [2.24, 2.45) is 11.8 Å². The fourth-order valence-corrected chi connectivity index (χ4v) is 8.33. The van der Waals surface area contributed by atoms with Crippen molar-refractivity contribution in [1.82, 2.24) is 0 Å². The molecule has 0 amide bonds. The average molecular weight is 663 g/mol. The van der Waals surface area contributed by atoms with E-state index in [9.17, 15) is 29.7 Å². The van der Waals surface area contributed by atoms with E-state index in [0.717, 1.165) is 5.57 Å². The lowest BCUT2D eigenvalue weighted by molar-refractivity contribution is -0.171. The van der Waals surface area contributed by atoms with Gasteiger partial charge in [0.1, 0.15) is 34.2 Å². The lowest BCUT2D eigenvalue weighted by Gasteiger charge is -2.56. The van der Waals surface area contributed by atoms with Gasteiger partial charge in [-0.2, -0.15) is 0 Å². The predicted octanol–water partition coefficient (Wildman–Crippen LogP) is 5.45. The molecule has 6 aliphatic rings. The summed E-state index contributed by atoms with van der Waals surface area (Å²) in [5, 5.41) is 32.7. The number of carbonyl (C=O) groups is 3. The highest BCUT2D eigenvalue weighted by Crippen LogP contribution is 2.68. The Balaban J connectivity index is 1.55. The van der Waals surface area contributed by atoms with Crippen molar-refractivity contribution in [1.29, 1.82) is 0 Å². The number of aliphatic hydroxyl groups excluding tert-OH is 1. The second-order valence-corrected chi connectivity index (χ2v) is 15.5. The molecular weight excluding hydrogens is 616 g/mol. The Bertz CT molecular complexity index is 1720. The molecule has 3 heterocycles. The Kier molecular flexibility index (Phi) is 7.93. The summed E-state index contributed by atoms with van der Waals surface area (Å²) in [6, 6.07) is 0. The van der Waals surface area contributed by atoms with Crippen molar-refractivity contribution >= 4 is 24.1 Å². The van der Waals surface area contributed by atoms with Crippen LogP contribution in [0, 0.1) is 11.8 Å². The molecule has 1 saturated heterocycles. The van der Waals surface area contributed by atoms with E-state index in [2.05, 4.69) is 0 Å². The molecule has 6 atom stereocenters. The molecule has 1 spiro atoms. The Morgan fingerprint density at radius 2 is 1.83 bits per heavy atom. The summed E-state index contributed by atoms with van der Waals surface area (Å²) in [5.74, 6) is -1.11. The molecule has 1 saturated carbocycles. The molecule has 3 N–H and O–H groups in total. The van der Waals surface area contributed by atoms with Crippen LogP contribution in [0.25, 0.3) is 6.08 Å². The molecule has 1 aromatic carbocycles. The van der Waals surface area contributed by atoms with Crippen LogP contribution in [0.5, 0.6) is 17.2 Å². The number of Topliss-reactive ketones (excluding diaryl/α,β-unsaturated/α-hetero) is 2. The van der Waals surface area contributed by atoms with Gasteiger partial charge < -0.3 is 34.3 Å². The third kappa shape index (κ3) is 4.90. The summed E-state index contributed by atoms with van der Waals surface area (Å²) in [5.41, 5.74) is -4.01. The topological polar surface area (TPSA) is 149 Å². The zero-order valence-electron chi connectivity index (χ0n) is 28.9. The van der Waals surface area contributed by atoms with Crippen molar-refractivity contribution in [3.05, 3.63) is 57.9 Å². The maximum Gasteiger partial charge on any atom is 0.298 e. The van der Waals surface area contributed by atoms with Crippen molar-refractivity contribution < 1.29 is 48.7 Å². The first-order valence-electron chi connectivity index (χ1n) is 16.6. The van der Waals surface area contributed by atoms with E-state index in [-0.39, 0.29) is 41.4 Å². The van der Waals surface area contributed by atoms with E-state index >= 15 is 0 Å². The summed E-state index contributed by atoms with van der Waals surface area (Å²) in [6.07, 6.45) is 9.15. The van der Waals surface area contributed by atoms with E-state index in [1.807, 2.05) is 40.7 Å². The Hall–Kier alpha value is -3.73. The number of hydrogen-bond acceptors (Lipinski definition) is 10. The highest BCUT2D eigenvalue weighted by molar-refractivity contribution is 6.19. The van der Waals surface area contributed by atoms with Gasteiger partial charge in [-0.15, -0.1) is 0 Å². The quantitative estimate of drug-likeness (QED) is 0.168. The van der Waals surface area contributed by atoms with Gasteiger partial charge in [-0.25, -0.2) is 0 Å². The number of phenols is 1. The first kappa shape index (κ1) is 34.1. The van der Waals surface area contributed by atoms with Crippen LogP contribution in [0.2, 0.25) is 0 Å². The smallest absolute Gasteiger partial charge is 0.298 e. The predicted molar refractivity (Wildman–Crippen MR) is 177 cm³/mol. The number of hydrogen-bond donors (Lipinski definition) is 3. The average Bonchev–Trinajstić information content (AvgIpc) is 3.15. The number of carbonyl (C=O) groups excluding carboxylic acids is 3. The second kappa shape index (κ2) is 11.1. The van der Waals surface area contributed by atoms with Crippen LogP contribution in [0.4, 0.5) is 0 Å². The third-order valence-electron chi connectivity index (χ3n) is 10.9. The Morgan fingerprint density at radius 1 is 1.12 bits per heavy atom. The number of ketones is 2. The van der Waals surface area contributed by atoms with Gasteiger partial charge in [0.05, 0.1) is 22.9 Å². The maximum absolute atomic E-state index is 14.8. The lowest BCUT2D eigenvalue weighted by Crippen LogP contribution is -2.72. The zero-order chi connectivity index (χ0) is 35.2. The fraction of sp³-hybridized carbons (Fsp3) is 0.553. The molecule has 0 aromatic heterocycles. The summed E-state index contributed by atoms with van der Waals surface area (Å²) >= 11 is 0. The van der Waals surface area contributed by atoms with E-state index in [0.29, 0.717) is 48.2 Å². The number of aliphatic hydroxyl groups is 2. The second-order valence-electron chi connectivity index (χ2n) is 15.5. The van der Waals surface area contributed by atoms with Crippen LogP contribution in [-0.2, 0) is 25.5 Å². The van der Waals surface area contributed by atoms with Crippen molar-refractivity contribution in [2.75, 3.05) is 0 Å². The summed E-state index contributed by atoms with van der Waals surface area (Å²) in [6.45, 7) is 14.6. The van der Waals surface area contributed by atoms with Gasteiger partial charge >= 0.3 is 0 Å². The minimum absolute atomic E-state index is 0.00293. The largest absolute Gasteiger partial charge is 0.506 e. The number of aromatic hydroxyl groups is 1.